The van der Waals surface area contributed by atoms with E-state index < -0.39 is 0 Å². The molecule has 1 N–H and O–H groups in total. The molecule has 0 radical (unpaired) electrons. The maximum absolute atomic E-state index is 5.44. The Morgan fingerprint density at radius 3 is 2.83 bits per heavy atom. The second-order valence-corrected chi connectivity index (χ2v) is 7.02. The molecule has 1 aliphatic carbocycles. The highest BCUT2D eigenvalue weighted by molar-refractivity contribution is 5.89. The van der Waals surface area contributed by atoms with Gasteiger partial charge in [0.15, 0.2) is 0 Å². The van der Waals surface area contributed by atoms with Gasteiger partial charge in [-0.15, -0.1) is 0 Å². The zero-order chi connectivity index (χ0) is 16.9. The van der Waals surface area contributed by atoms with E-state index in [1.807, 2.05) is 0 Å². The number of aromatic nitrogens is 1. The van der Waals surface area contributed by atoms with Gasteiger partial charge in [-0.1, -0.05) is 32.0 Å². The predicted molar refractivity (Wildman–Crippen MR) is 99.5 cm³/mol. The highest BCUT2D eigenvalue weighted by Gasteiger charge is 2.35. The summed E-state index contributed by atoms with van der Waals surface area (Å²) in [7, 11) is 1.72. The van der Waals surface area contributed by atoms with E-state index in [2.05, 4.69) is 66.9 Å². The first-order chi connectivity index (χ1) is 11.6. The zero-order valence-corrected chi connectivity index (χ0v) is 14.4. The van der Waals surface area contributed by atoms with E-state index in [1.54, 1.807) is 7.11 Å². The van der Waals surface area contributed by atoms with E-state index in [0.717, 1.165) is 12.2 Å². The average Bonchev–Trinajstić information content (AvgIpc) is 2.95. The molecule has 0 spiro atoms. The van der Waals surface area contributed by atoms with Crippen molar-refractivity contribution in [3.63, 3.8) is 0 Å². The molecule has 3 aromatic rings. The smallest absolute Gasteiger partial charge is 0.119 e. The normalized spacial score (nSPS) is 15.0. The van der Waals surface area contributed by atoms with Gasteiger partial charge in [0.25, 0.3) is 0 Å². The first-order valence-corrected chi connectivity index (χ1v) is 8.29. The van der Waals surface area contributed by atoms with Crippen LogP contribution in [0.4, 0.5) is 0 Å². The number of fused-ring (bicyclic) bond motifs is 4. The van der Waals surface area contributed by atoms with Crippen LogP contribution in [0.2, 0.25) is 0 Å². The summed E-state index contributed by atoms with van der Waals surface area (Å²) in [6.45, 7) is 8.89. The van der Waals surface area contributed by atoms with Crippen molar-refractivity contribution in [2.75, 3.05) is 7.11 Å². The van der Waals surface area contributed by atoms with E-state index in [9.17, 15) is 0 Å². The monoisotopic (exact) mass is 318 g/mol. The second-order valence-electron chi connectivity index (χ2n) is 7.02. The van der Waals surface area contributed by atoms with Gasteiger partial charge in [-0.25, -0.2) is 0 Å². The number of H-pyrrole nitrogens is 1. The zero-order valence-electron chi connectivity index (χ0n) is 14.4. The molecule has 0 saturated heterocycles. The second kappa shape index (κ2) is 5.23. The van der Waals surface area contributed by atoms with Gasteiger partial charge in [0.05, 0.1) is 13.7 Å². The Morgan fingerprint density at radius 2 is 2.08 bits per heavy atom. The Morgan fingerprint density at radius 1 is 1.25 bits per heavy atom. The Balaban J connectivity index is 2.00. The number of aromatic amines is 1. The lowest BCUT2D eigenvalue weighted by Gasteiger charge is -2.33. The number of nitrogens with one attached hydrogen (secondary N) is 1. The van der Waals surface area contributed by atoms with Crippen LogP contribution in [0.15, 0.2) is 41.4 Å². The van der Waals surface area contributed by atoms with Crippen LogP contribution in [-0.2, 0) is 18.4 Å². The van der Waals surface area contributed by atoms with Crippen molar-refractivity contribution in [1.29, 1.82) is 0 Å². The molecule has 122 valence electrons. The van der Waals surface area contributed by atoms with Gasteiger partial charge in [-0.05, 0) is 47.2 Å². The van der Waals surface area contributed by atoms with Crippen molar-refractivity contribution < 1.29 is 4.74 Å². The summed E-state index contributed by atoms with van der Waals surface area (Å²) in [5, 5.41) is 1.31. The molecule has 24 heavy (non-hydrogen) atoms. The number of rotatable bonds is 3. The summed E-state index contributed by atoms with van der Waals surface area (Å²) in [4.78, 5) is 7.79. The molecule has 0 aliphatic heterocycles. The maximum Gasteiger partial charge on any atom is 0.119 e. The lowest BCUT2D eigenvalue weighted by Crippen LogP contribution is -2.27. The van der Waals surface area contributed by atoms with E-state index >= 15 is 0 Å². The van der Waals surface area contributed by atoms with Crippen molar-refractivity contribution in [3.8, 4) is 5.75 Å². The number of methoxy groups -OCH3 is 1. The topological polar surface area (TPSA) is 37.4 Å². The van der Waals surface area contributed by atoms with Gasteiger partial charge >= 0.3 is 0 Å². The predicted octanol–water partition coefficient (Wildman–Crippen LogP) is 4.61. The molecule has 1 heterocycles. The van der Waals surface area contributed by atoms with Crippen molar-refractivity contribution in [2.45, 2.75) is 32.2 Å². The highest BCUT2D eigenvalue weighted by atomic mass is 16.5. The minimum Gasteiger partial charge on any atom is -0.497 e. The number of aliphatic imine (C=N–C) groups is 1. The number of nitrogens with zero attached hydrogens (tertiary/aromatic N) is 1. The van der Waals surface area contributed by atoms with Gasteiger partial charge in [0.1, 0.15) is 5.75 Å². The van der Waals surface area contributed by atoms with E-state index in [0.29, 0.717) is 6.54 Å². The molecular weight excluding hydrogens is 296 g/mol. The summed E-state index contributed by atoms with van der Waals surface area (Å²) in [5.74, 6) is 0.917. The van der Waals surface area contributed by atoms with Gasteiger partial charge in [0, 0.05) is 28.4 Å². The molecule has 0 atom stereocenters. The molecule has 0 bridgehead atoms. The van der Waals surface area contributed by atoms with E-state index in [4.69, 9.17) is 4.74 Å². The van der Waals surface area contributed by atoms with E-state index in [-0.39, 0.29) is 5.41 Å². The van der Waals surface area contributed by atoms with Gasteiger partial charge in [0.2, 0.25) is 0 Å². The van der Waals surface area contributed by atoms with Crippen LogP contribution in [0.1, 0.15) is 41.8 Å². The fourth-order valence-electron chi connectivity index (χ4n) is 4.14. The standard InChI is InChI=1S/C21H22N2O/c1-21(2)17-9-8-15(24-4)10-14(17)11-16-19-13(12-22-3)6-5-7-18(19)23-20(16)21/h5-10,23H,3,11-12H2,1-2,4H3. The van der Waals surface area contributed by atoms with Crippen LogP contribution >= 0.6 is 0 Å². The number of benzene rings is 2. The Labute approximate surface area is 142 Å². The molecule has 2 aromatic carbocycles. The summed E-state index contributed by atoms with van der Waals surface area (Å²) >= 11 is 0. The van der Waals surface area contributed by atoms with Crippen molar-refractivity contribution >= 4 is 17.6 Å². The van der Waals surface area contributed by atoms with E-state index in [1.165, 1.54) is 38.9 Å². The van der Waals surface area contributed by atoms with Crippen LogP contribution < -0.4 is 4.74 Å². The van der Waals surface area contributed by atoms with Crippen LogP contribution in [0, 0.1) is 0 Å². The van der Waals surface area contributed by atoms with Crippen LogP contribution in [0.5, 0.6) is 5.75 Å². The Kier molecular flexibility index (Phi) is 3.27. The van der Waals surface area contributed by atoms with Gasteiger partial charge in [-0.2, -0.15) is 0 Å². The van der Waals surface area contributed by atoms with Gasteiger partial charge < -0.3 is 9.72 Å². The third kappa shape index (κ3) is 2.01. The molecule has 1 aromatic heterocycles. The molecule has 3 heteroatoms. The number of ether oxygens (including phenoxy) is 1. The van der Waals surface area contributed by atoms with Crippen LogP contribution in [-0.4, -0.2) is 18.8 Å². The SMILES string of the molecule is C=NCc1cccc2[nH]c3c(c12)Cc1cc(OC)ccc1C3(C)C. The number of hydrogen-bond donors (Lipinski definition) is 1. The summed E-state index contributed by atoms with van der Waals surface area (Å²) in [6, 6.07) is 12.8. The molecule has 0 unspecified atom stereocenters. The summed E-state index contributed by atoms with van der Waals surface area (Å²) < 4.78 is 5.44. The lowest BCUT2D eigenvalue weighted by atomic mass is 9.71. The molecule has 1 aliphatic rings. The average molecular weight is 318 g/mol. The van der Waals surface area contributed by atoms with Crippen molar-refractivity contribution in [2.24, 2.45) is 4.99 Å². The Hall–Kier alpha value is -2.55. The fraction of sp³-hybridized carbons (Fsp3) is 0.286. The lowest BCUT2D eigenvalue weighted by molar-refractivity contribution is 0.413. The first-order valence-electron chi connectivity index (χ1n) is 8.29. The molecule has 0 fully saturated rings. The first kappa shape index (κ1) is 15.0. The molecule has 4 rings (SSSR count). The third-order valence-corrected chi connectivity index (χ3v) is 5.27. The number of hydrogen-bond acceptors (Lipinski definition) is 2. The largest absolute Gasteiger partial charge is 0.497 e. The van der Waals surface area contributed by atoms with Crippen LogP contribution in [0.3, 0.4) is 0 Å². The molecular formula is C21H22N2O. The minimum atomic E-state index is -0.0624. The highest BCUT2D eigenvalue weighted by Crippen LogP contribution is 2.45. The quantitative estimate of drug-likeness (QED) is 0.704. The van der Waals surface area contributed by atoms with Gasteiger partial charge in [-0.3, -0.25) is 4.99 Å². The summed E-state index contributed by atoms with van der Waals surface area (Å²) in [5.41, 5.74) is 7.77. The molecule has 0 amide bonds. The minimum absolute atomic E-state index is 0.0624. The van der Waals surface area contributed by atoms with Crippen LogP contribution in [0.25, 0.3) is 10.9 Å². The van der Waals surface area contributed by atoms with Crippen molar-refractivity contribution in [1.82, 2.24) is 4.98 Å². The molecule has 0 saturated carbocycles. The molecule has 3 nitrogen and oxygen atoms in total. The maximum atomic E-state index is 5.44. The van der Waals surface area contributed by atoms with Crippen molar-refractivity contribution in [3.05, 3.63) is 64.3 Å². The summed E-state index contributed by atoms with van der Waals surface area (Å²) in [6.07, 6.45) is 0.916. The Bertz CT molecular complexity index is 950. The third-order valence-electron chi connectivity index (χ3n) is 5.27. The fourth-order valence-corrected chi connectivity index (χ4v) is 4.14.